The number of benzene rings is 1. The van der Waals surface area contributed by atoms with Crippen molar-refractivity contribution in [3.05, 3.63) is 54.0 Å². The Morgan fingerprint density at radius 2 is 1.80 bits per heavy atom. The molecule has 1 aliphatic rings. The van der Waals surface area contributed by atoms with Gasteiger partial charge in [-0.25, -0.2) is 4.98 Å². The second kappa shape index (κ2) is 9.50. The highest BCUT2D eigenvalue weighted by molar-refractivity contribution is 6.04. The molecule has 3 aromatic rings. The summed E-state index contributed by atoms with van der Waals surface area (Å²) in [6.45, 7) is 3.39. The molecule has 1 aliphatic carbocycles. The van der Waals surface area contributed by atoms with Crippen LogP contribution in [0.5, 0.6) is 5.88 Å². The molecule has 4 rings (SSSR count). The molecule has 3 N–H and O–H groups in total. The van der Waals surface area contributed by atoms with E-state index >= 15 is 0 Å². The monoisotopic (exact) mass is 491 g/mol. The molecule has 1 aromatic carbocycles. The Hall–Kier alpha value is -3.11. The van der Waals surface area contributed by atoms with Gasteiger partial charge in [0.25, 0.3) is 5.91 Å². The number of carbonyl (C=O) groups is 1. The van der Waals surface area contributed by atoms with Crippen LogP contribution < -0.4 is 10.1 Å². The summed E-state index contributed by atoms with van der Waals surface area (Å²) in [5, 5.41) is 24.6. The Labute approximate surface area is 200 Å². The van der Waals surface area contributed by atoms with E-state index in [1.807, 2.05) is 12.4 Å². The van der Waals surface area contributed by atoms with Crippen LogP contribution in [0.25, 0.3) is 10.8 Å². The SMILES string of the molecule is CC(C)(O)c1cc2cn([C@H]3CC[C@H](CO)CC3)cc2cc1NC(=O)c1cccc(OC(F)(F)F)n1. The number of carbonyl (C=O) groups excluding carboxylic acids is 1. The first-order valence-corrected chi connectivity index (χ1v) is 11.5. The zero-order valence-corrected chi connectivity index (χ0v) is 19.5. The van der Waals surface area contributed by atoms with Crippen molar-refractivity contribution in [3.63, 3.8) is 0 Å². The highest BCUT2D eigenvalue weighted by Gasteiger charge is 2.32. The molecule has 0 aliphatic heterocycles. The van der Waals surface area contributed by atoms with Crippen LogP contribution in [-0.2, 0) is 5.60 Å². The molecule has 0 radical (unpaired) electrons. The molecule has 0 spiro atoms. The van der Waals surface area contributed by atoms with Crippen molar-refractivity contribution in [3.8, 4) is 5.88 Å². The van der Waals surface area contributed by atoms with Gasteiger partial charge in [-0.05, 0) is 69.0 Å². The third kappa shape index (κ3) is 5.94. The Bertz CT molecular complexity index is 1210. The summed E-state index contributed by atoms with van der Waals surface area (Å²) in [5.74, 6) is -1.13. The summed E-state index contributed by atoms with van der Waals surface area (Å²) >= 11 is 0. The van der Waals surface area contributed by atoms with E-state index in [1.54, 1.807) is 26.0 Å². The number of aromatic nitrogens is 2. The normalized spacial score (nSPS) is 19.1. The lowest BCUT2D eigenvalue weighted by atomic mass is 9.86. The number of halogens is 3. The van der Waals surface area contributed by atoms with Gasteiger partial charge in [0.1, 0.15) is 5.69 Å². The van der Waals surface area contributed by atoms with Crippen molar-refractivity contribution in [2.24, 2.45) is 5.92 Å². The van der Waals surface area contributed by atoms with E-state index in [4.69, 9.17) is 0 Å². The van der Waals surface area contributed by atoms with Crippen molar-refractivity contribution in [1.82, 2.24) is 9.55 Å². The van der Waals surface area contributed by atoms with E-state index in [-0.39, 0.29) is 12.3 Å². The number of nitrogens with one attached hydrogen (secondary N) is 1. The highest BCUT2D eigenvalue weighted by atomic mass is 19.4. The van der Waals surface area contributed by atoms with Crippen LogP contribution in [0.1, 0.15) is 61.6 Å². The highest BCUT2D eigenvalue weighted by Crippen LogP contribution is 2.37. The van der Waals surface area contributed by atoms with Gasteiger partial charge in [0, 0.05) is 47.7 Å². The van der Waals surface area contributed by atoms with Gasteiger partial charge in [-0.2, -0.15) is 0 Å². The van der Waals surface area contributed by atoms with E-state index in [9.17, 15) is 28.2 Å². The number of rotatable bonds is 6. The van der Waals surface area contributed by atoms with Crippen molar-refractivity contribution in [2.45, 2.75) is 57.5 Å². The smallest absolute Gasteiger partial charge is 0.396 e. The quantitative estimate of drug-likeness (QED) is 0.444. The maximum Gasteiger partial charge on any atom is 0.574 e. The summed E-state index contributed by atoms with van der Waals surface area (Å²) in [5.41, 5.74) is -0.762. The van der Waals surface area contributed by atoms with Crippen LogP contribution in [-0.4, -0.2) is 38.6 Å². The lowest BCUT2D eigenvalue weighted by Crippen LogP contribution is -2.22. The number of hydrogen-bond donors (Lipinski definition) is 3. The summed E-state index contributed by atoms with van der Waals surface area (Å²) < 4.78 is 43.5. The molecule has 2 heterocycles. The van der Waals surface area contributed by atoms with Crippen molar-refractivity contribution in [2.75, 3.05) is 11.9 Å². The third-order valence-electron chi connectivity index (χ3n) is 6.38. The van der Waals surface area contributed by atoms with Crippen molar-refractivity contribution >= 4 is 22.4 Å². The average Bonchev–Trinajstić information content (AvgIpc) is 3.20. The summed E-state index contributed by atoms with van der Waals surface area (Å²) in [6, 6.07) is 7.38. The van der Waals surface area contributed by atoms with Crippen LogP contribution in [0.4, 0.5) is 18.9 Å². The topological polar surface area (TPSA) is 96.6 Å². The molecule has 188 valence electrons. The van der Waals surface area contributed by atoms with Crippen LogP contribution >= 0.6 is 0 Å². The summed E-state index contributed by atoms with van der Waals surface area (Å²) in [6.07, 6.45) is 2.89. The molecule has 2 aromatic heterocycles. The fraction of sp³-hybridized carbons (Fsp3) is 0.440. The maximum atomic E-state index is 12.8. The van der Waals surface area contributed by atoms with E-state index in [0.717, 1.165) is 42.5 Å². The van der Waals surface area contributed by atoms with Gasteiger partial charge in [0.05, 0.1) is 5.60 Å². The Morgan fingerprint density at radius 3 is 2.40 bits per heavy atom. The van der Waals surface area contributed by atoms with E-state index < -0.39 is 23.8 Å². The molecule has 35 heavy (non-hydrogen) atoms. The average molecular weight is 492 g/mol. The second-order valence-electron chi connectivity index (χ2n) is 9.51. The van der Waals surface area contributed by atoms with Crippen LogP contribution in [0.3, 0.4) is 0 Å². The van der Waals surface area contributed by atoms with Crippen LogP contribution in [0, 0.1) is 5.92 Å². The molecule has 0 atom stereocenters. The zero-order valence-electron chi connectivity index (χ0n) is 19.5. The molecule has 0 saturated heterocycles. The number of aliphatic hydroxyl groups is 2. The largest absolute Gasteiger partial charge is 0.574 e. The number of alkyl halides is 3. The number of pyridine rings is 1. The molecule has 0 bridgehead atoms. The molecule has 10 heteroatoms. The second-order valence-corrected chi connectivity index (χ2v) is 9.51. The molecular weight excluding hydrogens is 463 g/mol. The number of fused-ring (bicyclic) bond motifs is 1. The fourth-order valence-corrected chi connectivity index (χ4v) is 4.56. The van der Waals surface area contributed by atoms with E-state index in [0.29, 0.717) is 23.2 Å². The van der Waals surface area contributed by atoms with Crippen LogP contribution in [0.15, 0.2) is 42.7 Å². The summed E-state index contributed by atoms with van der Waals surface area (Å²) in [7, 11) is 0. The third-order valence-corrected chi connectivity index (χ3v) is 6.38. The molecular formula is C25H28F3N3O4. The first-order valence-electron chi connectivity index (χ1n) is 11.5. The Kier molecular flexibility index (Phi) is 6.79. The molecule has 1 saturated carbocycles. The standard InChI is InChI=1S/C25H28F3N3O4/c1-24(2,34)19-10-16-12-31(18-8-6-15(14-32)7-9-18)13-17(16)11-21(19)30-23(33)20-4-3-5-22(29-20)35-25(26,27)28/h3-5,10-13,15,18,32,34H,6-9,14H2,1-2H3,(H,30,33)/t15-,18-. The molecule has 0 unspecified atom stereocenters. The number of amides is 1. The predicted octanol–water partition coefficient (Wildman–Crippen LogP) is 5.14. The minimum atomic E-state index is -4.92. The number of aliphatic hydroxyl groups excluding tert-OH is 1. The fourth-order valence-electron chi connectivity index (χ4n) is 4.56. The van der Waals surface area contributed by atoms with E-state index in [1.165, 1.54) is 12.1 Å². The first-order chi connectivity index (χ1) is 16.4. The van der Waals surface area contributed by atoms with Crippen molar-refractivity contribution in [1.29, 1.82) is 0 Å². The number of ether oxygens (including phenoxy) is 1. The maximum absolute atomic E-state index is 12.8. The predicted molar refractivity (Wildman–Crippen MR) is 124 cm³/mol. The van der Waals surface area contributed by atoms with Gasteiger partial charge >= 0.3 is 6.36 Å². The van der Waals surface area contributed by atoms with Gasteiger partial charge in [0.15, 0.2) is 0 Å². The molecule has 7 nitrogen and oxygen atoms in total. The van der Waals surface area contributed by atoms with Gasteiger partial charge in [-0.15, -0.1) is 13.2 Å². The summed E-state index contributed by atoms with van der Waals surface area (Å²) in [4.78, 5) is 16.5. The van der Waals surface area contributed by atoms with Gasteiger partial charge in [-0.3, -0.25) is 4.79 Å². The first kappa shape index (κ1) is 25.0. The minimum Gasteiger partial charge on any atom is -0.396 e. The Morgan fingerprint density at radius 1 is 1.14 bits per heavy atom. The Balaban J connectivity index is 1.62. The molecule has 1 fully saturated rings. The number of hydrogen-bond acceptors (Lipinski definition) is 5. The zero-order chi connectivity index (χ0) is 25.4. The van der Waals surface area contributed by atoms with Crippen molar-refractivity contribution < 1.29 is 32.9 Å². The van der Waals surface area contributed by atoms with Gasteiger partial charge in [-0.1, -0.05) is 6.07 Å². The molecule has 1 amide bonds. The lowest BCUT2D eigenvalue weighted by Gasteiger charge is -2.28. The number of anilines is 1. The van der Waals surface area contributed by atoms with Gasteiger partial charge in [0.2, 0.25) is 5.88 Å². The van der Waals surface area contributed by atoms with Gasteiger partial charge < -0.3 is 24.8 Å². The van der Waals surface area contributed by atoms with E-state index in [2.05, 4.69) is 19.6 Å². The number of nitrogens with zero attached hydrogens (tertiary/aromatic N) is 2. The van der Waals surface area contributed by atoms with Crippen LogP contribution in [0.2, 0.25) is 0 Å². The minimum absolute atomic E-state index is 0.207. The lowest BCUT2D eigenvalue weighted by molar-refractivity contribution is -0.276.